The molecule has 0 unspecified atom stereocenters. The topological polar surface area (TPSA) is 18.5 Å². The van der Waals surface area contributed by atoms with Gasteiger partial charge in [0.05, 0.1) is 7.11 Å². The van der Waals surface area contributed by atoms with E-state index in [0.717, 1.165) is 11.5 Å². The van der Waals surface area contributed by atoms with Crippen molar-refractivity contribution in [1.82, 2.24) is 0 Å². The number of thiophene rings is 1. The Morgan fingerprint density at radius 3 is 2.42 bits per heavy atom. The molecule has 0 aliphatic heterocycles. The lowest BCUT2D eigenvalue weighted by atomic mass is 10.2. The first-order valence-electron chi connectivity index (χ1n) is 6.09. The fourth-order valence-corrected chi connectivity index (χ4v) is 2.91. The Labute approximate surface area is 116 Å². The molecule has 1 aromatic heterocycles. The van der Waals surface area contributed by atoms with Crippen molar-refractivity contribution < 1.29 is 9.47 Å². The standard InChI is InChI=1S/C16H14O2S/c1-17-13-6-8-14(9-7-13)18-11-15-10-12-4-2-3-5-16(12)19-15/h2-10H,11H2,1H3. The molecule has 0 spiro atoms. The Morgan fingerprint density at radius 2 is 1.68 bits per heavy atom. The first kappa shape index (κ1) is 12.1. The van der Waals surface area contributed by atoms with Gasteiger partial charge in [-0.05, 0) is 41.8 Å². The van der Waals surface area contributed by atoms with Crippen LogP contribution in [0.1, 0.15) is 4.88 Å². The Bertz CT molecular complexity index is 638. The summed E-state index contributed by atoms with van der Waals surface area (Å²) in [6, 6.07) is 18.2. The summed E-state index contributed by atoms with van der Waals surface area (Å²) < 4.78 is 12.2. The van der Waals surface area contributed by atoms with E-state index in [1.54, 1.807) is 18.4 Å². The van der Waals surface area contributed by atoms with Crippen molar-refractivity contribution >= 4 is 21.4 Å². The average Bonchev–Trinajstić information content (AvgIpc) is 2.88. The molecule has 0 aliphatic carbocycles. The quantitative estimate of drug-likeness (QED) is 0.695. The molecule has 3 heteroatoms. The Morgan fingerprint density at radius 1 is 0.947 bits per heavy atom. The van der Waals surface area contributed by atoms with Gasteiger partial charge in [0.1, 0.15) is 18.1 Å². The van der Waals surface area contributed by atoms with Crippen LogP contribution in [0.4, 0.5) is 0 Å². The summed E-state index contributed by atoms with van der Waals surface area (Å²) in [7, 11) is 1.66. The van der Waals surface area contributed by atoms with E-state index >= 15 is 0 Å². The molecule has 0 bridgehead atoms. The van der Waals surface area contributed by atoms with Crippen molar-refractivity contribution in [2.75, 3.05) is 7.11 Å². The van der Waals surface area contributed by atoms with E-state index in [4.69, 9.17) is 9.47 Å². The summed E-state index contributed by atoms with van der Waals surface area (Å²) in [4.78, 5) is 1.23. The van der Waals surface area contributed by atoms with Crippen LogP contribution in [0, 0.1) is 0 Å². The molecule has 0 radical (unpaired) electrons. The van der Waals surface area contributed by atoms with Crippen LogP contribution in [0.5, 0.6) is 11.5 Å². The van der Waals surface area contributed by atoms with Crippen molar-refractivity contribution in [2.24, 2.45) is 0 Å². The fraction of sp³-hybridized carbons (Fsp3) is 0.125. The Kier molecular flexibility index (Phi) is 3.38. The third kappa shape index (κ3) is 2.71. The van der Waals surface area contributed by atoms with Crippen LogP contribution < -0.4 is 9.47 Å². The van der Waals surface area contributed by atoms with Gasteiger partial charge in [0.15, 0.2) is 0 Å². The van der Waals surface area contributed by atoms with Crippen molar-refractivity contribution in [3.05, 3.63) is 59.5 Å². The molecule has 0 saturated carbocycles. The normalized spacial score (nSPS) is 10.6. The molecule has 1 heterocycles. The maximum absolute atomic E-state index is 5.78. The van der Waals surface area contributed by atoms with Gasteiger partial charge in [-0.2, -0.15) is 0 Å². The van der Waals surface area contributed by atoms with Crippen LogP contribution in [0.3, 0.4) is 0 Å². The Balaban J connectivity index is 1.70. The maximum atomic E-state index is 5.78. The van der Waals surface area contributed by atoms with E-state index in [1.807, 2.05) is 24.3 Å². The molecule has 0 fully saturated rings. The summed E-state index contributed by atoms with van der Waals surface area (Å²) in [6.07, 6.45) is 0. The highest BCUT2D eigenvalue weighted by Crippen LogP contribution is 2.26. The predicted octanol–water partition coefficient (Wildman–Crippen LogP) is 4.49. The first-order chi connectivity index (χ1) is 9.35. The lowest BCUT2D eigenvalue weighted by molar-refractivity contribution is 0.309. The molecule has 19 heavy (non-hydrogen) atoms. The van der Waals surface area contributed by atoms with Crippen LogP contribution >= 0.6 is 11.3 Å². The molecule has 0 atom stereocenters. The van der Waals surface area contributed by atoms with Crippen LogP contribution in [0.15, 0.2) is 54.6 Å². The van der Waals surface area contributed by atoms with Gasteiger partial charge in [-0.1, -0.05) is 18.2 Å². The van der Waals surface area contributed by atoms with E-state index in [0.29, 0.717) is 6.61 Å². The highest BCUT2D eigenvalue weighted by atomic mass is 32.1. The van der Waals surface area contributed by atoms with Gasteiger partial charge in [-0.3, -0.25) is 0 Å². The second-order valence-electron chi connectivity index (χ2n) is 4.21. The zero-order valence-corrected chi connectivity index (χ0v) is 11.4. The molecular formula is C16H14O2S. The molecule has 0 N–H and O–H groups in total. The maximum Gasteiger partial charge on any atom is 0.122 e. The number of benzene rings is 2. The molecule has 0 saturated heterocycles. The van der Waals surface area contributed by atoms with Gasteiger partial charge in [-0.25, -0.2) is 0 Å². The van der Waals surface area contributed by atoms with Gasteiger partial charge in [0, 0.05) is 9.58 Å². The minimum absolute atomic E-state index is 0.603. The third-order valence-electron chi connectivity index (χ3n) is 2.92. The van der Waals surface area contributed by atoms with Gasteiger partial charge >= 0.3 is 0 Å². The number of methoxy groups -OCH3 is 1. The number of hydrogen-bond donors (Lipinski definition) is 0. The smallest absolute Gasteiger partial charge is 0.122 e. The SMILES string of the molecule is COc1ccc(OCc2cc3ccccc3s2)cc1. The van der Waals surface area contributed by atoms with E-state index in [-0.39, 0.29) is 0 Å². The second kappa shape index (κ2) is 5.33. The fourth-order valence-electron chi connectivity index (χ4n) is 1.93. The van der Waals surface area contributed by atoms with Crippen LogP contribution in [0.25, 0.3) is 10.1 Å². The molecule has 0 amide bonds. The number of hydrogen-bond acceptors (Lipinski definition) is 3. The van der Waals surface area contributed by atoms with Crippen molar-refractivity contribution in [3.63, 3.8) is 0 Å². The minimum Gasteiger partial charge on any atom is -0.497 e. The summed E-state index contributed by atoms with van der Waals surface area (Å²) >= 11 is 1.77. The largest absolute Gasteiger partial charge is 0.497 e. The number of fused-ring (bicyclic) bond motifs is 1. The predicted molar refractivity (Wildman–Crippen MR) is 79.2 cm³/mol. The second-order valence-corrected chi connectivity index (χ2v) is 5.38. The third-order valence-corrected chi connectivity index (χ3v) is 4.01. The van der Waals surface area contributed by atoms with Gasteiger partial charge < -0.3 is 9.47 Å². The van der Waals surface area contributed by atoms with E-state index in [2.05, 4.69) is 30.3 Å². The lowest BCUT2D eigenvalue weighted by Gasteiger charge is -2.05. The van der Waals surface area contributed by atoms with E-state index < -0.39 is 0 Å². The van der Waals surface area contributed by atoms with Crippen molar-refractivity contribution in [1.29, 1.82) is 0 Å². The van der Waals surface area contributed by atoms with Crippen LogP contribution in [-0.2, 0) is 6.61 Å². The number of ether oxygens (including phenoxy) is 2. The van der Waals surface area contributed by atoms with Crippen molar-refractivity contribution in [2.45, 2.75) is 6.61 Å². The highest BCUT2D eigenvalue weighted by Gasteiger charge is 2.02. The lowest BCUT2D eigenvalue weighted by Crippen LogP contribution is -1.92. The number of rotatable bonds is 4. The molecular weight excluding hydrogens is 256 g/mol. The highest BCUT2D eigenvalue weighted by molar-refractivity contribution is 7.19. The first-order valence-corrected chi connectivity index (χ1v) is 6.91. The van der Waals surface area contributed by atoms with Crippen LogP contribution in [0.2, 0.25) is 0 Å². The molecule has 3 rings (SSSR count). The summed E-state index contributed by atoms with van der Waals surface area (Å²) in [5.74, 6) is 1.70. The summed E-state index contributed by atoms with van der Waals surface area (Å²) in [6.45, 7) is 0.603. The minimum atomic E-state index is 0.603. The van der Waals surface area contributed by atoms with Crippen molar-refractivity contribution in [3.8, 4) is 11.5 Å². The molecule has 96 valence electrons. The molecule has 2 aromatic carbocycles. The summed E-state index contributed by atoms with van der Waals surface area (Å²) in [5.41, 5.74) is 0. The summed E-state index contributed by atoms with van der Waals surface area (Å²) in [5, 5.41) is 1.28. The average molecular weight is 270 g/mol. The van der Waals surface area contributed by atoms with Gasteiger partial charge in [0.2, 0.25) is 0 Å². The van der Waals surface area contributed by atoms with E-state index in [1.165, 1.54) is 15.0 Å². The zero-order valence-electron chi connectivity index (χ0n) is 10.6. The van der Waals surface area contributed by atoms with Gasteiger partial charge in [0.25, 0.3) is 0 Å². The molecule has 0 aliphatic rings. The van der Waals surface area contributed by atoms with E-state index in [9.17, 15) is 0 Å². The molecule has 3 aromatic rings. The Hall–Kier alpha value is -2.00. The monoisotopic (exact) mass is 270 g/mol. The van der Waals surface area contributed by atoms with Gasteiger partial charge in [-0.15, -0.1) is 11.3 Å². The van der Waals surface area contributed by atoms with Crippen LogP contribution in [-0.4, -0.2) is 7.11 Å². The molecule has 2 nitrogen and oxygen atoms in total. The zero-order chi connectivity index (χ0) is 13.1.